The van der Waals surface area contributed by atoms with Crippen LogP contribution in [-0.4, -0.2) is 24.0 Å². The lowest BCUT2D eigenvalue weighted by molar-refractivity contribution is 0.0948. The zero-order chi connectivity index (χ0) is 14.1. The van der Waals surface area contributed by atoms with Crippen LogP contribution in [0.2, 0.25) is 0 Å². The van der Waals surface area contributed by atoms with Crippen LogP contribution in [-0.2, 0) is 0 Å². The number of anilines is 1. The molecule has 1 amide bonds. The molecule has 1 aromatic rings. The first kappa shape index (κ1) is 15.5. The Hall–Kier alpha value is -1.58. The van der Waals surface area contributed by atoms with Gasteiger partial charge in [-0.2, -0.15) is 0 Å². The van der Waals surface area contributed by atoms with Crippen molar-refractivity contribution in [2.24, 2.45) is 5.92 Å². The van der Waals surface area contributed by atoms with Gasteiger partial charge in [-0.3, -0.25) is 4.79 Å². The Morgan fingerprint density at radius 1 is 1.32 bits per heavy atom. The number of carbonyl (C=O) groups excluding carboxylic acids is 1. The lowest BCUT2D eigenvalue weighted by Gasteiger charge is -2.09. The van der Waals surface area contributed by atoms with Crippen molar-refractivity contribution in [2.75, 3.05) is 18.4 Å². The van der Waals surface area contributed by atoms with Gasteiger partial charge in [0.05, 0.1) is 11.9 Å². The summed E-state index contributed by atoms with van der Waals surface area (Å²) < 4.78 is 0. The summed E-state index contributed by atoms with van der Waals surface area (Å²) in [6, 6.07) is 3.66. The Balaban J connectivity index is 2.40. The van der Waals surface area contributed by atoms with Gasteiger partial charge in [0, 0.05) is 13.1 Å². The molecule has 0 saturated carbocycles. The average molecular weight is 263 g/mol. The lowest BCUT2D eigenvalue weighted by Crippen LogP contribution is -2.25. The van der Waals surface area contributed by atoms with Gasteiger partial charge in [0.25, 0.3) is 5.91 Å². The molecule has 0 spiro atoms. The summed E-state index contributed by atoms with van der Waals surface area (Å²) in [4.78, 5) is 16.0. The molecule has 0 radical (unpaired) electrons. The summed E-state index contributed by atoms with van der Waals surface area (Å²) in [7, 11) is 0. The van der Waals surface area contributed by atoms with Crippen LogP contribution in [0, 0.1) is 5.92 Å². The van der Waals surface area contributed by atoms with Crippen LogP contribution in [0.3, 0.4) is 0 Å². The molecule has 0 bridgehead atoms. The second-order valence-electron chi connectivity index (χ2n) is 5.17. The number of aromatic nitrogens is 1. The second-order valence-corrected chi connectivity index (χ2v) is 5.17. The number of pyridine rings is 1. The number of nitrogens with zero attached hydrogens (tertiary/aromatic N) is 1. The zero-order valence-corrected chi connectivity index (χ0v) is 12.2. The van der Waals surface area contributed by atoms with Gasteiger partial charge in [-0.15, -0.1) is 0 Å². The largest absolute Gasteiger partial charge is 0.384 e. The minimum absolute atomic E-state index is 0.0912. The van der Waals surface area contributed by atoms with E-state index in [2.05, 4.69) is 36.4 Å². The minimum atomic E-state index is -0.0912. The lowest BCUT2D eigenvalue weighted by atomic mass is 10.2. The van der Waals surface area contributed by atoms with Gasteiger partial charge in [-0.1, -0.05) is 33.6 Å². The van der Waals surface area contributed by atoms with Crippen LogP contribution in [0.4, 0.5) is 5.69 Å². The van der Waals surface area contributed by atoms with Crippen molar-refractivity contribution in [3.8, 4) is 0 Å². The van der Waals surface area contributed by atoms with Gasteiger partial charge in [-0.05, 0) is 24.5 Å². The smallest absolute Gasteiger partial charge is 0.269 e. The normalized spacial score (nSPS) is 10.5. The molecule has 0 saturated heterocycles. The Morgan fingerprint density at radius 3 is 2.68 bits per heavy atom. The molecule has 4 nitrogen and oxygen atoms in total. The van der Waals surface area contributed by atoms with Gasteiger partial charge < -0.3 is 10.6 Å². The molecule has 2 N–H and O–H groups in total. The van der Waals surface area contributed by atoms with Crippen molar-refractivity contribution in [1.82, 2.24) is 10.3 Å². The topological polar surface area (TPSA) is 54.0 Å². The molecular formula is C15H25N3O. The van der Waals surface area contributed by atoms with E-state index in [4.69, 9.17) is 0 Å². The van der Waals surface area contributed by atoms with E-state index in [1.54, 1.807) is 12.3 Å². The predicted octanol–water partition coefficient (Wildman–Crippen LogP) is 3.07. The van der Waals surface area contributed by atoms with E-state index in [9.17, 15) is 4.79 Å². The molecule has 0 aromatic carbocycles. The maximum absolute atomic E-state index is 11.8. The van der Waals surface area contributed by atoms with Crippen molar-refractivity contribution in [2.45, 2.75) is 40.0 Å². The number of amides is 1. The van der Waals surface area contributed by atoms with E-state index >= 15 is 0 Å². The van der Waals surface area contributed by atoms with Crippen LogP contribution in [0.1, 0.15) is 50.5 Å². The highest BCUT2D eigenvalue weighted by Crippen LogP contribution is 2.07. The molecule has 0 fully saturated rings. The van der Waals surface area contributed by atoms with Gasteiger partial charge in [0.15, 0.2) is 0 Å². The van der Waals surface area contributed by atoms with E-state index < -0.39 is 0 Å². The van der Waals surface area contributed by atoms with Crippen molar-refractivity contribution >= 4 is 11.6 Å². The molecule has 19 heavy (non-hydrogen) atoms. The number of nitrogens with one attached hydrogen (secondary N) is 2. The molecule has 1 heterocycles. The zero-order valence-electron chi connectivity index (χ0n) is 12.2. The third-order valence-electron chi connectivity index (χ3n) is 2.78. The number of unbranched alkanes of at least 4 members (excludes halogenated alkanes) is 2. The van der Waals surface area contributed by atoms with Gasteiger partial charge >= 0.3 is 0 Å². The van der Waals surface area contributed by atoms with Gasteiger partial charge in [0.2, 0.25) is 0 Å². The molecule has 0 unspecified atom stereocenters. The molecule has 1 rings (SSSR count). The third kappa shape index (κ3) is 6.22. The first-order valence-corrected chi connectivity index (χ1v) is 7.11. The highest BCUT2D eigenvalue weighted by Gasteiger charge is 2.06. The summed E-state index contributed by atoms with van der Waals surface area (Å²) in [5.41, 5.74) is 1.43. The fourth-order valence-corrected chi connectivity index (χ4v) is 1.62. The highest BCUT2D eigenvalue weighted by atomic mass is 16.1. The van der Waals surface area contributed by atoms with Crippen LogP contribution >= 0.6 is 0 Å². The summed E-state index contributed by atoms with van der Waals surface area (Å²) in [6.07, 6.45) is 5.04. The first-order chi connectivity index (χ1) is 9.13. The molecular weight excluding hydrogens is 238 g/mol. The molecule has 0 aliphatic rings. The highest BCUT2D eigenvalue weighted by molar-refractivity contribution is 5.92. The fourth-order valence-electron chi connectivity index (χ4n) is 1.62. The first-order valence-electron chi connectivity index (χ1n) is 7.11. The standard InChI is InChI=1S/C15H25N3O/c1-4-5-6-9-16-15(19)14-8-7-13(11-18-14)17-10-12(2)3/h7-8,11-12,17H,4-6,9-10H2,1-3H3,(H,16,19). The van der Waals surface area contributed by atoms with Crippen molar-refractivity contribution in [3.63, 3.8) is 0 Å². The van der Waals surface area contributed by atoms with Crippen LogP contribution in [0.25, 0.3) is 0 Å². The van der Waals surface area contributed by atoms with E-state index in [0.717, 1.165) is 38.0 Å². The fraction of sp³-hybridized carbons (Fsp3) is 0.600. The van der Waals surface area contributed by atoms with Crippen LogP contribution in [0.5, 0.6) is 0 Å². The van der Waals surface area contributed by atoms with Crippen molar-refractivity contribution < 1.29 is 4.79 Å². The van der Waals surface area contributed by atoms with E-state index in [1.807, 2.05) is 6.07 Å². The Morgan fingerprint density at radius 2 is 2.11 bits per heavy atom. The minimum Gasteiger partial charge on any atom is -0.384 e. The number of carbonyl (C=O) groups is 1. The SMILES string of the molecule is CCCCCNC(=O)c1ccc(NCC(C)C)cn1. The Labute approximate surface area is 116 Å². The van der Waals surface area contributed by atoms with Gasteiger partial charge in [0.1, 0.15) is 5.69 Å². The third-order valence-corrected chi connectivity index (χ3v) is 2.78. The van der Waals surface area contributed by atoms with Crippen molar-refractivity contribution in [3.05, 3.63) is 24.0 Å². The summed E-state index contributed by atoms with van der Waals surface area (Å²) >= 11 is 0. The number of rotatable bonds is 8. The maximum atomic E-state index is 11.8. The molecule has 4 heteroatoms. The van der Waals surface area contributed by atoms with E-state index in [1.165, 1.54) is 0 Å². The maximum Gasteiger partial charge on any atom is 0.269 e. The van der Waals surface area contributed by atoms with E-state index in [-0.39, 0.29) is 5.91 Å². The predicted molar refractivity (Wildman–Crippen MR) is 79.4 cm³/mol. The number of hydrogen-bond acceptors (Lipinski definition) is 3. The van der Waals surface area contributed by atoms with Crippen LogP contribution < -0.4 is 10.6 Å². The van der Waals surface area contributed by atoms with Gasteiger partial charge in [-0.25, -0.2) is 4.98 Å². The number of hydrogen-bond donors (Lipinski definition) is 2. The Kier molecular flexibility index (Phi) is 6.93. The molecule has 106 valence electrons. The molecule has 0 atom stereocenters. The quantitative estimate of drug-likeness (QED) is 0.709. The second kappa shape index (κ2) is 8.51. The molecule has 0 aliphatic carbocycles. The van der Waals surface area contributed by atoms with Crippen molar-refractivity contribution in [1.29, 1.82) is 0 Å². The summed E-state index contributed by atoms with van der Waals surface area (Å²) in [5.74, 6) is 0.494. The molecule has 0 aliphatic heterocycles. The summed E-state index contributed by atoms with van der Waals surface area (Å²) in [6.45, 7) is 8.08. The van der Waals surface area contributed by atoms with Crippen LogP contribution in [0.15, 0.2) is 18.3 Å². The average Bonchev–Trinajstić information content (AvgIpc) is 2.41. The molecule has 1 aromatic heterocycles. The van der Waals surface area contributed by atoms with E-state index in [0.29, 0.717) is 11.6 Å². The Bertz CT molecular complexity index is 373. The summed E-state index contributed by atoms with van der Waals surface area (Å²) in [5, 5.41) is 6.16. The monoisotopic (exact) mass is 263 g/mol.